The number of nitrogens with zero attached hydrogens (tertiary/aromatic N) is 2. The summed E-state index contributed by atoms with van der Waals surface area (Å²) in [5.74, 6) is 0. The molecule has 0 unspecified atom stereocenters. The predicted octanol–water partition coefficient (Wildman–Crippen LogP) is 2.27. The second-order valence-corrected chi connectivity index (χ2v) is 3.92. The maximum absolute atomic E-state index is 10.7. The van der Waals surface area contributed by atoms with E-state index in [1.54, 1.807) is 46.3 Å². The Bertz CT molecular complexity index is 425. The maximum atomic E-state index is 10.7. The molecule has 1 rings (SSSR count). The smallest absolute Gasteiger partial charge is 0.274 e. The van der Waals surface area contributed by atoms with Gasteiger partial charge >= 0.3 is 0 Å². The van der Waals surface area contributed by atoms with Gasteiger partial charge in [-0.2, -0.15) is 5.26 Å². The minimum Gasteiger partial charge on any atom is -0.400 e. The van der Waals surface area contributed by atoms with Crippen LogP contribution in [-0.4, -0.2) is 31.4 Å². The summed E-state index contributed by atoms with van der Waals surface area (Å²) in [6.45, 7) is 3.32. The molecule has 106 valence electrons. The number of aliphatic hydroxyl groups is 1. The van der Waals surface area contributed by atoms with E-state index >= 15 is 0 Å². The Kier molecular flexibility index (Phi) is 10.2. The zero-order chi connectivity index (χ0) is 15.5. The molecule has 0 amide bonds. The van der Waals surface area contributed by atoms with Crippen LogP contribution < -0.4 is 0 Å². The molecule has 1 N–H and O–H groups in total. The van der Waals surface area contributed by atoms with Crippen molar-refractivity contribution in [3.05, 3.63) is 39.9 Å². The van der Waals surface area contributed by atoms with Gasteiger partial charge in [0.2, 0.25) is 0 Å². The molecule has 1 aromatic carbocycles. The van der Waals surface area contributed by atoms with Crippen molar-refractivity contribution in [2.45, 2.75) is 19.3 Å². The van der Waals surface area contributed by atoms with E-state index < -0.39 is 10.3 Å². The van der Waals surface area contributed by atoms with Crippen LogP contribution >= 0.6 is 0 Å². The number of rotatable bonds is 2. The van der Waals surface area contributed by atoms with Gasteiger partial charge in [-0.3, -0.25) is 10.1 Å². The molecule has 0 aliphatic heterocycles. The normalized spacial score (nSPS) is 9.11. The number of ether oxygens (including phenoxy) is 1. The Hall–Kier alpha value is -1.97. The fourth-order valence-electron chi connectivity index (χ4n) is 1.22. The highest BCUT2D eigenvalue weighted by atomic mass is 16.6. The van der Waals surface area contributed by atoms with E-state index in [2.05, 4.69) is 4.74 Å². The molecule has 0 heterocycles. The lowest BCUT2D eigenvalue weighted by atomic mass is 9.85. The van der Waals surface area contributed by atoms with Crippen molar-refractivity contribution >= 4 is 5.69 Å². The minimum absolute atomic E-state index is 0.000880. The van der Waals surface area contributed by atoms with Gasteiger partial charge in [-0.1, -0.05) is 18.2 Å². The highest BCUT2D eigenvalue weighted by Gasteiger charge is 2.27. The summed E-state index contributed by atoms with van der Waals surface area (Å²) in [5.41, 5.74) is -0.379. The third kappa shape index (κ3) is 6.50. The van der Waals surface area contributed by atoms with Crippen LogP contribution in [0.2, 0.25) is 0 Å². The van der Waals surface area contributed by atoms with Gasteiger partial charge in [-0.05, 0) is 13.8 Å². The van der Waals surface area contributed by atoms with Gasteiger partial charge in [0, 0.05) is 33.0 Å². The first-order valence-electron chi connectivity index (χ1n) is 5.40. The van der Waals surface area contributed by atoms with Crippen LogP contribution in [0.1, 0.15) is 19.4 Å². The quantitative estimate of drug-likeness (QED) is 0.655. The molecule has 0 radical (unpaired) electrons. The predicted molar refractivity (Wildman–Crippen MR) is 72.8 cm³/mol. The van der Waals surface area contributed by atoms with Crippen LogP contribution in [0, 0.1) is 21.4 Å². The van der Waals surface area contributed by atoms with Crippen molar-refractivity contribution < 1.29 is 14.8 Å². The number of para-hydroxylation sites is 1. The van der Waals surface area contributed by atoms with Gasteiger partial charge in [0.15, 0.2) is 0 Å². The number of benzene rings is 1. The highest BCUT2D eigenvalue weighted by molar-refractivity contribution is 5.47. The number of hydrogen-bond acceptors (Lipinski definition) is 5. The van der Waals surface area contributed by atoms with Crippen LogP contribution in [-0.2, 0) is 10.2 Å². The molecule has 6 nitrogen and oxygen atoms in total. The molecule has 0 aromatic heterocycles. The molecule has 19 heavy (non-hydrogen) atoms. The van der Waals surface area contributed by atoms with Gasteiger partial charge in [-0.15, -0.1) is 0 Å². The molecule has 0 atom stereocenters. The van der Waals surface area contributed by atoms with Crippen molar-refractivity contribution in [2.75, 3.05) is 21.3 Å². The summed E-state index contributed by atoms with van der Waals surface area (Å²) in [5, 5.41) is 26.6. The molecular weight excluding hydrogens is 248 g/mol. The van der Waals surface area contributed by atoms with E-state index in [4.69, 9.17) is 10.4 Å². The molecule has 6 heteroatoms. The lowest BCUT2D eigenvalue weighted by Crippen LogP contribution is -2.15. The molecule has 0 fully saturated rings. The Morgan fingerprint density at radius 3 is 2.11 bits per heavy atom. The zero-order valence-electron chi connectivity index (χ0n) is 11.9. The summed E-state index contributed by atoms with van der Waals surface area (Å²) in [6.07, 6.45) is 0. The summed E-state index contributed by atoms with van der Waals surface area (Å²) in [6, 6.07) is 8.36. The summed E-state index contributed by atoms with van der Waals surface area (Å²) in [4.78, 5) is 10.2. The van der Waals surface area contributed by atoms with Crippen LogP contribution in [0.3, 0.4) is 0 Å². The molecule has 0 saturated heterocycles. The highest BCUT2D eigenvalue weighted by Crippen LogP contribution is 2.30. The molecule has 0 spiro atoms. The lowest BCUT2D eigenvalue weighted by molar-refractivity contribution is -0.385. The van der Waals surface area contributed by atoms with Crippen molar-refractivity contribution in [1.29, 1.82) is 5.26 Å². The van der Waals surface area contributed by atoms with E-state index in [1.807, 2.05) is 6.07 Å². The number of nitro benzene ring substituents is 1. The number of hydrogen-bond donors (Lipinski definition) is 1. The topological polar surface area (TPSA) is 96.4 Å². The Balaban J connectivity index is 0. The molecule has 0 saturated carbocycles. The number of nitriles is 1. The van der Waals surface area contributed by atoms with E-state index in [0.717, 1.165) is 7.11 Å². The van der Waals surface area contributed by atoms with Crippen molar-refractivity contribution in [1.82, 2.24) is 0 Å². The van der Waals surface area contributed by atoms with Crippen molar-refractivity contribution in [2.24, 2.45) is 0 Å². The standard InChI is InChI=1S/C10H10N2O2.C2H6O.CH4O/c1-10(2,7-11)8-5-3-4-6-9(8)12(13)14;1-3-2;1-2/h3-6H,1-2H3;1-2H3;2H,1H3. The van der Waals surface area contributed by atoms with Gasteiger partial charge < -0.3 is 9.84 Å². The zero-order valence-corrected chi connectivity index (χ0v) is 11.9. The number of nitro groups is 1. The second-order valence-electron chi connectivity index (χ2n) is 3.92. The van der Waals surface area contributed by atoms with Crippen LogP contribution in [0.15, 0.2) is 24.3 Å². The first kappa shape index (κ1) is 19.4. The van der Waals surface area contributed by atoms with Gasteiger partial charge in [0.05, 0.1) is 16.4 Å². The largest absolute Gasteiger partial charge is 0.400 e. The van der Waals surface area contributed by atoms with Crippen molar-refractivity contribution in [3.8, 4) is 6.07 Å². The third-order valence-electron chi connectivity index (χ3n) is 2.05. The summed E-state index contributed by atoms with van der Waals surface area (Å²) >= 11 is 0. The van der Waals surface area contributed by atoms with Gasteiger partial charge in [0.25, 0.3) is 5.69 Å². The molecule has 0 aliphatic carbocycles. The summed E-state index contributed by atoms with van der Waals surface area (Å²) < 4.78 is 4.25. The van der Waals surface area contributed by atoms with E-state index in [1.165, 1.54) is 6.07 Å². The fraction of sp³-hybridized carbons (Fsp3) is 0.462. The van der Waals surface area contributed by atoms with Crippen LogP contribution in [0.5, 0.6) is 0 Å². The molecule has 1 aromatic rings. The fourth-order valence-corrected chi connectivity index (χ4v) is 1.22. The number of aliphatic hydroxyl groups excluding tert-OH is 1. The van der Waals surface area contributed by atoms with Gasteiger partial charge in [0.1, 0.15) is 0 Å². The van der Waals surface area contributed by atoms with Crippen LogP contribution in [0.4, 0.5) is 5.69 Å². The monoisotopic (exact) mass is 268 g/mol. The summed E-state index contributed by atoms with van der Waals surface area (Å²) in [7, 11) is 4.25. The average molecular weight is 268 g/mol. The molecular formula is C13H20N2O4. The van der Waals surface area contributed by atoms with E-state index in [-0.39, 0.29) is 5.69 Å². The maximum Gasteiger partial charge on any atom is 0.274 e. The van der Waals surface area contributed by atoms with E-state index in [9.17, 15) is 10.1 Å². The third-order valence-corrected chi connectivity index (χ3v) is 2.05. The van der Waals surface area contributed by atoms with Crippen molar-refractivity contribution in [3.63, 3.8) is 0 Å². The Morgan fingerprint density at radius 2 is 1.74 bits per heavy atom. The Labute approximate surface area is 113 Å². The number of methoxy groups -OCH3 is 1. The molecule has 0 aliphatic rings. The van der Waals surface area contributed by atoms with Gasteiger partial charge in [-0.25, -0.2) is 0 Å². The SMILES string of the molecule is CC(C)(C#N)c1ccccc1[N+](=O)[O-].CO.COC. The van der Waals surface area contributed by atoms with E-state index in [0.29, 0.717) is 5.56 Å². The average Bonchev–Trinajstić information content (AvgIpc) is 2.42. The minimum atomic E-state index is -0.830. The Morgan fingerprint density at radius 1 is 1.32 bits per heavy atom. The lowest BCUT2D eigenvalue weighted by Gasteiger charge is -2.14. The first-order valence-corrected chi connectivity index (χ1v) is 5.40. The van der Waals surface area contributed by atoms with Crippen LogP contribution in [0.25, 0.3) is 0 Å². The second kappa shape index (κ2) is 10.00. The molecule has 0 bridgehead atoms. The first-order chi connectivity index (χ1) is 8.90.